The van der Waals surface area contributed by atoms with E-state index < -0.39 is 36.8 Å². The molecule has 0 atom stereocenters. The molecule has 0 radical (unpaired) electrons. The molecule has 1 heterocycles. The number of hydrogen-bond acceptors (Lipinski definition) is 1. The third-order valence-corrected chi connectivity index (χ3v) is 34.7. The molecule has 35 heavy (non-hydrogen) atoms. The van der Waals surface area contributed by atoms with Crippen molar-refractivity contribution in [3.63, 3.8) is 0 Å². The van der Waals surface area contributed by atoms with Crippen LogP contribution in [-0.4, -0.2) is 36.8 Å². The third-order valence-electron chi connectivity index (χ3n) is 7.56. The fraction of sp³-hybridized carbons (Fsp3) is 0.750. The molecule has 0 aliphatic heterocycles. The summed E-state index contributed by atoms with van der Waals surface area (Å²) in [6.07, 6.45) is 16.3. The van der Waals surface area contributed by atoms with Crippen molar-refractivity contribution in [2.75, 3.05) is 0 Å². The van der Waals surface area contributed by atoms with Crippen LogP contribution in [0.25, 0.3) is 0 Å². The second kappa shape index (κ2) is 20.4. The van der Waals surface area contributed by atoms with Crippen LogP contribution in [0.3, 0.4) is 0 Å². The molecule has 0 saturated heterocycles. The molecular weight excluding hydrogens is 654 g/mol. The van der Waals surface area contributed by atoms with Crippen molar-refractivity contribution in [1.29, 1.82) is 0 Å². The van der Waals surface area contributed by atoms with Gasteiger partial charge in [-0.25, -0.2) is 0 Å². The summed E-state index contributed by atoms with van der Waals surface area (Å²) in [5, 5.41) is 0. The van der Waals surface area contributed by atoms with Crippen molar-refractivity contribution in [2.45, 2.75) is 145 Å². The molecule has 0 aromatic carbocycles. The van der Waals surface area contributed by atoms with Crippen LogP contribution in [0.1, 0.15) is 128 Å². The van der Waals surface area contributed by atoms with Crippen LogP contribution in [0, 0.1) is 19.7 Å². The molecule has 0 aliphatic carbocycles. The zero-order valence-electron chi connectivity index (χ0n) is 24.3. The Morgan fingerprint density at radius 3 is 0.971 bits per heavy atom. The van der Waals surface area contributed by atoms with Crippen LogP contribution in [0.4, 0.5) is 0 Å². The maximum atomic E-state index is 4.06. The Morgan fingerprint density at radius 1 is 0.486 bits per heavy atom. The van der Waals surface area contributed by atoms with Crippen LogP contribution in [0.5, 0.6) is 0 Å². The predicted octanol–water partition coefficient (Wildman–Crippen LogP) is 11.2. The number of thiophene rings is 1. The van der Waals surface area contributed by atoms with Crippen molar-refractivity contribution in [3.8, 4) is 19.7 Å². The first kappa shape index (κ1) is 33.4. The van der Waals surface area contributed by atoms with E-state index in [4.69, 9.17) is 0 Å². The maximum absolute atomic E-state index is 4.06. The Labute approximate surface area is 233 Å². The molecular formula is C32H56SSn2. The summed E-state index contributed by atoms with van der Waals surface area (Å²) in [5.41, 5.74) is 0. The Bertz CT molecular complexity index is 678. The second-order valence-electron chi connectivity index (χ2n) is 10.8. The van der Waals surface area contributed by atoms with Gasteiger partial charge in [-0.2, -0.15) is 0 Å². The van der Waals surface area contributed by atoms with Crippen molar-refractivity contribution in [2.24, 2.45) is 0 Å². The van der Waals surface area contributed by atoms with E-state index in [-0.39, 0.29) is 0 Å². The summed E-state index contributed by atoms with van der Waals surface area (Å²) in [6.45, 7) is 14.1. The summed E-state index contributed by atoms with van der Waals surface area (Å²) >= 11 is -2.89. The molecule has 0 bridgehead atoms. The Kier molecular flexibility index (Phi) is 19.5. The van der Waals surface area contributed by atoms with E-state index in [1.54, 1.807) is 0 Å². The van der Waals surface area contributed by atoms with Crippen molar-refractivity contribution in [1.82, 2.24) is 0 Å². The van der Waals surface area contributed by atoms with E-state index in [2.05, 4.69) is 73.4 Å². The summed E-state index contributed by atoms with van der Waals surface area (Å²) < 4.78 is 16.9. The number of unbranched alkanes of at least 4 members (excludes halogenated alkanes) is 6. The van der Waals surface area contributed by atoms with Crippen molar-refractivity contribution >= 4 is 48.1 Å². The fourth-order valence-electron chi connectivity index (χ4n) is 5.08. The molecule has 0 aliphatic rings. The SMILES string of the molecule is CCC[CH2][Sn]([C]#Cc1ccc(C#[C][Sn]([CH2]CCC)([CH2]CCC)[CH2]CCC)s1)([CH2]CCC)[CH2]CCC. The summed E-state index contributed by atoms with van der Waals surface area (Å²) in [6, 6.07) is 4.55. The monoisotopic (exact) mass is 712 g/mol. The van der Waals surface area contributed by atoms with Gasteiger partial charge < -0.3 is 0 Å². The summed E-state index contributed by atoms with van der Waals surface area (Å²) in [7, 11) is 0. The molecule has 0 N–H and O–H groups in total. The third kappa shape index (κ3) is 13.7. The van der Waals surface area contributed by atoms with Gasteiger partial charge in [0.2, 0.25) is 0 Å². The van der Waals surface area contributed by atoms with E-state index in [9.17, 15) is 0 Å². The van der Waals surface area contributed by atoms with E-state index >= 15 is 0 Å². The average Bonchev–Trinajstić information content (AvgIpc) is 3.35. The molecule has 1 aromatic rings. The van der Waals surface area contributed by atoms with Crippen molar-refractivity contribution < 1.29 is 0 Å². The molecule has 0 amide bonds. The van der Waals surface area contributed by atoms with E-state index in [0.717, 1.165) is 0 Å². The topological polar surface area (TPSA) is 0 Å². The van der Waals surface area contributed by atoms with E-state index in [1.165, 1.54) is 113 Å². The summed E-state index contributed by atoms with van der Waals surface area (Å²) in [4.78, 5) is 2.55. The van der Waals surface area contributed by atoms with Gasteiger partial charge in [-0.15, -0.1) is 0 Å². The van der Waals surface area contributed by atoms with Gasteiger partial charge in [0.1, 0.15) is 0 Å². The van der Waals surface area contributed by atoms with Crippen LogP contribution in [-0.2, 0) is 0 Å². The van der Waals surface area contributed by atoms with Crippen LogP contribution >= 0.6 is 11.3 Å². The van der Waals surface area contributed by atoms with E-state index in [0.29, 0.717) is 0 Å². The Balaban J connectivity index is 3.17. The molecule has 0 fully saturated rings. The minimum absolute atomic E-state index is 1.27. The van der Waals surface area contributed by atoms with Gasteiger partial charge in [-0.3, -0.25) is 0 Å². The second-order valence-corrected chi connectivity index (χ2v) is 36.5. The molecule has 1 rings (SSSR count). The Hall–Kier alpha value is 0.417. The van der Waals surface area contributed by atoms with E-state index in [1.807, 2.05) is 11.3 Å². The quantitative estimate of drug-likeness (QED) is 0.105. The number of hydrogen-bond donors (Lipinski definition) is 0. The molecule has 198 valence electrons. The van der Waals surface area contributed by atoms with Gasteiger partial charge in [0.05, 0.1) is 0 Å². The normalized spacial score (nSPS) is 11.6. The molecule has 0 unspecified atom stereocenters. The van der Waals surface area contributed by atoms with Crippen LogP contribution < -0.4 is 0 Å². The van der Waals surface area contributed by atoms with Gasteiger partial charge in [-0.1, -0.05) is 0 Å². The van der Waals surface area contributed by atoms with Crippen molar-refractivity contribution in [3.05, 3.63) is 21.9 Å². The van der Waals surface area contributed by atoms with Gasteiger partial charge in [0.15, 0.2) is 0 Å². The summed E-state index contributed by atoms with van der Waals surface area (Å²) in [5.74, 6) is 7.49. The first-order valence-corrected chi connectivity index (χ1v) is 31.0. The van der Waals surface area contributed by atoms with Crippen LogP contribution in [0.15, 0.2) is 12.1 Å². The molecule has 3 heteroatoms. The van der Waals surface area contributed by atoms with Gasteiger partial charge in [0, 0.05) is 0 Å². The predicted molar refractivity (Wildman–Crippen MR) is 168 cm³/mol. The van der Waals surface area contributed by atoms with Gasteiger partial charge in [-0.05, 0) is 0 Å². The molecule has 0 spiro atoms. The number of rotatable bonds is 18. The molecule has 0 nitrogen and oxygen atoms in total. The standard InChI is InChI=1S/C8H2S.6C4H9.2Sn/c1-3-7-5-6-8(4-2)9-7;6*1-3-4-2;;/h5-6H;6*1,3-4H2,2H3;;. The first-order chi connectivity index (χ1) is 17.0. The zero-order chi connectivity index (χ0) is 25.8. The minimum atomic E-state index is -2.38. The average molecular weight is 710 g/mol. The molecule has 0 saturated carbocycles. The fourth-order valence-corrected chi connectivity index (χ4v) is 32.7. The van der Waals surface area contributed by atoms with Gasteiger partial charge in [0.25, 0.3) is 0 Å². The Morgan fingerprint density at radius 2 is 0.743 bits per heavy atom. The van der Waals surface area contributed by atoms with Crippen LogP contribution in [0.2, 0.25) is 26.6 Å². The zero-order valence-corrected chi connectivity index (χ0v) is 30.8. The first-order valence-electron chi connectivity index (χ1n) is 15.2. The molecule has 1 aromatic heterocycles. The van der Waals surface area contributed by atoms with Gasteiger partial charge >= 0.3 is 235 Å².